The van der Waals surface area contributed by atoms with E-state index in [0.717, 1.165) is 62.3 Å². The Morgan fingerprint density at radius 3 is 2.68 bits per heavy atom. The van der Waals surface area contributed by atoms with Gasteiger partial charge in [0.15, 0.2) is 0 Å². The van der Waals surface area contributed by atoms with Crippen molar-refractivity contribution < 1.29 is 9.84 Å². The Hall–Kier alpha value is -1.76. The summed E-state index contributed by atoms with van der Waals surface area (Å²) in [7, 11) is 0. The second-order valence-electron chi connectivity index (χ2n) is 8.05. The highest BCUT2D eigenvalue weighted by Gasteiger charge is 2.27. The topological polar surface area (TPSA) is 70.5 Å². The van der Waals surface area contributed by atoms with Gasteiger partial charge >= 0.3 is 0 Å². The van der Waals surface area contributed by atoms with E-state index in [0.29, 0.717) is 12.1 Å². The van der Waals surface area contributed by atoms with Crippen molar-refractivity contribution in [2.75, 3.05) is 38.2 Å². The summed E-state index contributed by atoms with van der Waals surface area (Å²) < 4.78 is 5.49. The van der Waals surface area contributed by atoms with Gasteiger partial charge in [-0.25, -0.2) is 9.97 Å². The molecule has 4 rings (SSSR count). The summed E-state index contributed by atoms with van der Waals surface area (Å²) in [4.78, 5) is 11.6. The second-order valence-corrected chi connectivity index (χ2v) is 8.05. The van der Waals surface area contributed by atoms with Crippen LogP contribution in [0.4, 0.5) is 5.82 Å². The van der Waals surface area contributed by atoms with Gasteiger partial charge in [-0.3, -0.25) is 4.90 Å². The Balaban J connectivity index is 1.39. The lowest BCUT2D eigenvalue weighted by Gasteiger charge is -2.39. The van der Waals surface area contributed by atoms with Gasteiger partial charge in [-0.1, -0.05) is 6.07 Å². The first-order valence-electron chi connectivity index (χ1n) is 10.8. The zero-order chi connectivity index (χ0) is 19.2. The number of nitrogens with one attached hydrogen (secondary N) is 1. The van der Waals surface area contributed by atoms with Gasteiger partial charge in [0.05, 0.1) is 18.7 Å². The molecule has 0 amide bonds. The van der Waals surface area contributed by atoms with Gasteiger partial charge in [-0.15, -0.1) is 0 Å². The van der Waals surface area contributed by atoms with E-state index < -0.39 is 0 Å². The number of nitrogens with zero attached hydrogens (tertiary/aromatic N) is 3. The molecule has 0 unspecified atom stereocenters. The van der Waals surface area contributed by atoms with E-state index in [2.05, 4.69) is 38.4 Å². The molecule has 2 aromatic rings. The molecular weight excluding hydrogens is 352 g/mol. The van der Waals surface area contributed by atoms with E-state index in [1.807, 2.05) is 0 Å². The van der Waals surface area contributed by atoms with Gasteiger partial charge in [0.1, 0.15) is 12.1 Å². The van der Waals surface area contributed by atoms with Gasteiger partial charge in [0, 0.05) is 37.2 Å². The fourth-order valence-electron chi connectivity index (χ4n) is 4.54. The number of anilines is 1. The Labute approximate surface area is 167 Å². The second kappa shape index (κ2) is 9.63. The average molecular weight is 385 g/mol. The minimum absolute atomic E-state index is 0.261. The predicted octanol–water partition coefficient (Wildman–Crippen LogP) is 3.00. The van der Waals surface area contributed by atoms with Crippen LogP contribution in [-0.4, -0.2) is 65.0 Å². The fraction of sp³-hybridized carbons (Fsp3) is 0.636. The highest BCUT2D eigenvalue weighted by Crippen LogP contribution is 2.28. The third-order valence-corrected chi connectivity index (χ3v) is 6.17. The number of aryl methyl sites for hydroxylation is 1. The molecule has 2 heterocycles. The van der Waals surface area contributed by atoms with Gasteiger partial charge < -0.3 is 15.2 Å². The van der Waals surface area contributed by atoms with Crippen LogP contribution in [0.3, 0.4) is 0 Å². The summed E-state index contributed by atoms with van der Waals surface area (Å²) in [6.45, 7) is 4.19. The maximum Gasteiger partial charge on any atom is 0.137 e. The van der Waals surface area contributed by atoms with E-state index in [1.165, 1.54) is 31.2 Å². The van der Waals surface area contributed by atoms with Crippen molar-refractivity contribution in [1.82, 2.24) is 14.9 Å². The summed E-state index contributed by atoms with van der Waals surface area (Å²) >= 11 is 0. The van der Waals surface area contributed by atoms with Crippen LogP contribution in [0, 0.1) is 0 Å². The number of rotatable bonds is 7. The minimum Gasteiger partial charge on any atom is -0.396 e. The van der Waals surface area contributed by atoms with Crippen LogP contribution in [0.15, 0.2) is 24.5 Å². The lowest BCUT2D eigenvalue weighted by Crippen LogP contribution is -2.46. The summed E-state index contributed by atoms with van der Waals surface area (Å²) in [6.07, 6.45) is 9.35. The number of morpholine rings is 1. The number of aliphatic hydroxyl groups excluding tert-OH is 1. The third-order valence-electron chi connectivity index (χ3n) is 6.17. The first-order valence-corrected chi connectivity index (χ1v) is 10.8. The number of fused-ring (bicyclic) bond motifs is 1. The molecule has 152 valence electrons. The zero-order valence-electron chi connectivity index (χ0n) is 16.6. The number of aliphatic hydroxyl groups is 1. The molecule has 0 spiro atoms. The summed E-state index contributed by atoms with van der Waals surface area (Å²) in [6, 6.07) is 7.64. The highest BCUT2D eigenvalue weighted by molar-refractivity contribution is 5.89. The molecule has 2 fully saturated rings. The standard InChI is InChI=1S/C22H32N4O2/c27-12-2-1-3-17-4-9-21-20(15-17)22(24-16-23-21)25-18-5-7-19(8-6-18)26-10-13-28-14-11-26/h4,9,15-16,18-19,27H,1-3,5-8,10-14H2,(H,23,24,25). The molecule has 28 heavy (non-hydrogen) atoms. The molecule has 1 aromatic carbocycles. The molecule has 2 N–H and O–H groups in total. The third kappa shape index (κ3) is 4.80. The maximum absolute atomic E-state index is 9.01. The van der Waals surface area contributed by atoms with Gasteiger partial charge in [-0.05, 0) is 62.6 Å². The quantitative estimate of drug-likeness (QED) is 0.715. The summed E-state index contributed by atoms with van der Waals surface area (Å²) in [5.41, 5.74) is 2.28. The molecule has 1 saturated carbocycles. The number of aromatic nitrogens is 2. The normalized spacial score (nSPS) is 23.8. The largest absolute Gasteiger partial charge is 0.396 e. The number of unbranched alkanes of at least 4 members (excludes halogenated alkanes) is 1. The van der Waals surface area contributed by atoms with Crippen molar-refractivity contribution >= 4 is 16.7 Å². The number of ether oxygens (including phenoxy) is 1. The Bertz CT molecular complexity index is 755. The Morgan fingerprint density at radius 2 is 1.89 bits per heavy atom. The van der Waals surface area contributed by atoms with Gasteiger partial charge in [0.25, 0.3) is 0 Å². The van der Waals surface area contributed by atoms with E-state index in [4.69, 9.17) is 9.84 Å². The van der Waals surface area contributed by atoms with E-state index in [-0.39, 0.29) is 6.61 Å². The van der Waals surface area contributed by atoms with E-state index in [1.54, 1.807) is 6.33 Å². The lowest BCUT2D eigenvalue weighted by molar-refractivity contribution is 0.00791. The molecule has 1 aliphatic carbocycles. The summed E-state index contributed by atoms with van der Waals surface area (Å²) in [5.74, 6) is 0.962. The maximum atomic E-state index is 9.01. The molecule has 2 aliphatic rings. The predicted molar refractivity (Wildman–Crippen MR) is 112 cm³/mol. The van der Waals surface area contributed by atoms with Crippen molar-refractivity contribution in [3.05, 3.63) is 30.1 Å². The van der Waals surface area contributed by atoms with Crippen molar-refractivity contribution in [1.29, 1.82) is 0 Å². The minimum atomic E-state index is 0.261. The van der Waals surface area contributed by atoms with E-state index >= 15 is 0 Å². The Morgan fingerprint density at radius 1 is 1.07 bits per heavy atom. The molecule has 1 aliphatic heterocycles. The SMILES string of the molecule is OCCCCc1ccc2ncnc(NC3CCC(N4CCOCC4)CC3)c2c1. The van der Waals surface area contributed by atoms with Crippen LogP contribution in [0.1, 0.15) is 44.1 Å². The molecule has 6 heteroatoms. The monoisotopic (exact) mass is 384 g/mol. The van der Waals surface area contributed by atoms with Crippen molar-refractivity contribution in [3.8, 4) is 0 Å². The van der Waals surface area contributed by atoms with Crippen LogP contribution < -0.4 is 5.32 Å². The lowest BCUT2D eigenvalue weighted by atomic mass is 9.90. The number of hydrogen-bond acceptors (Lipinski definition) is 6. The molecule has 0 radical (unpaired) electrons. The summed E-state index contributed by atoms with van der Waals surface area (Å²) in [5, 5.41) is 13.8. The van der Waals surface area contributed by atoms with Crippen molar-refractivity contribution in [2.45, 2.75) is 57.0 Å². The Kier molecular flexibility index (Phi) is 6.73. The number of hydrogen-bond donors (Lipinski definition) is 2. The van der Waals surface area contributed by atoms with Crippen LogP contribution >= 0.6 is 0 Å². The van der Waals surface area contributed by atoms with Crippen molar-refractivity contribution in [3.63, 3.8) is 0 Å². The van der Waals surface area contributed by atoms with Crippen molar-refractivity contribution in [2.24, 2.45) is 0 Å². The van der Waals surface area contributed by atoms with Gasteiger partial charge in [-0.2, -0.15) is 0 Å². The zero-order valence-corrected chi connectivity index (χ0v) is 16.6. The first-order chi connectivity index (χ1) is 13.8. The molecule has 0 bridgehead atoms. The fourth-order valence-corrected chi connectivity index (χ4v) is 4.54. The van der Waals surface area contributed by atoms with Crippen LogP contribution in [0.5, 0.6) is 0 Å². The van der Waals surface area contributed by atoms with Crippen LogP contribution in [0.25, 0.3) is 10.9 Å². The average Bonchev–Trinajstić information content (AvgIpc) is 2.75. The molecule has 1 aromatic heterocycles. The van der Waals surface area contributed by atoms with Crippen LogP contribution in [0.2, 0.25) is 0 Å². The molecule has 0 atom stereocenters. The molecular formula is C22H32N4O2. The molecule has 1 saturated heterocycles. The van der Waals surface area contributed by atoms with Crippen LogP contribution in [-0.2, 0) is 11.2 Å². The number of benzene rings is 1. The molecule has 6 nitrogen and oxygen atoms in total. The smallest absolute Gasteiger partial charge is 0.137 e. The highest BCUT2D eigenvalue weighted by atomic mass is 16.5. The van der Waals surface area contributed by atoms with Gasteiger partial charge in [0.2, 0.25) is 0 Å². The first kappa shape index (κ1) is 19.6. The van der Waals surface area contributed by atoms with E-state index in [9.17, 15) is 0 Å².